The number of carbonyl (C=O) groups is 1. The Labute approximate surface area is 209 Å². The molecule has 36 heavy (non-hydrogen) atoms. The molecule has 2 N–H and O–H groups in total. The second kappa shape index (κ2) is 13.2. The quantitative estimate of drug-likeness (QED) is 0.398. The average Bonchev–Trinajstić information content (AvgIpc) is 3.37. The average molecular weight is 509 g/mol. The van der Waals surface area contributed by atoms with Crippen molar-refractivity contribution in [2.75, 3.05) is 40.4 Å². The number of nitrogens with zero attached hydrogens (tertiary/aromatic N) is 2. The number of ether oxygens (including phenoxy) is 1. The number of pyridine rings is 1. The summed E-state index contributed by atoms with van der Waals surface area (Å²) in [4.78, 5) is 18.1. The number of aromatic nitrogens is 1. The fourth-order valence-corrected chi connectivity index (χ4v) is 3.46. The highest BCUT2D eigenvalue weighted by molar-refractivity contribution is 5.82. The normalized spacial score (nSPS) is 16.4. The summed E-state index contributed by atoms with van der Waals surface area (Å²) in [7, 11) is 3.67. The highest BCUT2D eigenvalue weighted by atomic mass is 19.4. The molecule has 1 unspecified atom stereocenters. The van der Waals surface area contributed by atoms with Gasteiger partial charge in [0.1, 0.15) is 6.33 Å². The van der Waals surface area contributed by atoms with Crippen LogP contribution in [0.3, 0.4) is 0 Å². The lowest BCUT2D eigenvalue weighted by atomic mass is 9.98. The lowest BCUT2D eigenvalue weighted by Crippen LogP contribution is -2.30. The van der Waals surface area contributed by atoms with E-state index >= 15 is 0 Å². The Balaban J connectivity index is 2.35. The van der Waals surface area contributed by atoms with Gasteiger partial charge in [-0.25, -0.2) is 9.37 Å². The molecule has 196 valence electrons. The Bertz CT molecular complexity index is 1040. The van der Waals surface area contributed by atoms with Crippen molar-refractivity contribution in [3.05, 3.63) is 66.4 Å². The molecule has 0 aromatic carbocycles. The zero-order valence-corrected chi connectivity index (χ0v) is 20.6. The van der Waals surface area contributed by atoms with E-state index in [0.29, 0.717) is 38.9 Å². The summed E-state index contributed by atoms with van der Waals surface area (Å²) < 4.78 is 59.3. The SMILES string of the molecule is C=Cc1c(C(=C)N/C(=C\F)CCN(C)C)cc(/C=C/CNC(=O)C2CCOC2)nc1C(=C)C(F)(F)F. The molecule has 0 saturated carbocycles. The monoisotopic (exact) mass is 508 g/mol. The molecule has 10 heteroatoms. The van der Waals surface area contributed by atoms with Crippen LogP contribution in [0.15, 0.2) is 43.9 Å². The number of halogens is 4. The van der Waals surface area contributed by atoms with Crippen LogP contribution in [0.1, 0.15) is 35.4 Å². The minimum atomic E-state index is -4.73. The van der Waals surface area contributed by atoms with Crippen LogP contribution in [0.25, 0.3) is 23.4 Å². The molecule has 0 spiro atoms. The zero-order valence-electron chi connectivity index (χ0n) is 20.6. The maximum atomic E-state index is 13.5. The Morgan fingerprint density at radius 2 is 2.06 bits per heavy atom. The number of rotatable bonds is 12. The third kappa shape index (κ3) is 8.17. The van der Waals surface area contributed by atoms with Gasteiger partial charge in [0, 0.05) is 48.6 Å². The van der Waals surface area contributed by atoms with E-state index in [2.05, 4.69) is 35.4 Å². The van der Waals surface area contributed by atoms with Gasteiger partial charge in [0.15, 0.2) is 0 Å². The van der Waals surface area contributed by atoms with Crippen LogP contribution in [0.4, 0.5) is 17.6 Å². The first kappa shape index (κ1) is 29.0. The van der Waals surface area contributed by atoms with Gasteiger partial charge in [-0.05, 0) is 32.7 Å². The molecule has 2 rings (SSSR count). The van der Waals surface area contributed by atoms with E-state index in [4.69, 9.17) is 4.74 Å². The van der Waals surface area contributed by atoms with E-state index in [1.807, 2.05) is 19.0 Å². The standard InChI is InChI=1S/C26H32F4N4O2/c1-6-22-23(18(3)32-21(15-27)9-12-34(4)5)14-20(33-24(22)17(2)26(28,29)30)8-7-11-31-25(35)19-10-13-36-16-19/h6-8,14-15,19,32H,1-3,9-13,16H2,4-5H3,(H,31,35)/b8-7+,21-15-. The first-order chi connectivity index (χ1) is 17.0. The van der Waals surface area contributed by atoms with Crippen molar-refractivity contribution < 1.29 is 27.1 Å². The van der Waals surface area contributed by atoms with Gasteiger partial charge in [-0.15, -0.1) is 0 Å². The van der Waals surface area contributed by atoms with Gasteiger partial charge >= 0.3 is 6.18 Å². The van der Waals surface area contributed by atoms with E-state index in [1.165, 1.54) is 18.2 Å². The number of hydrogen-bond donors (Lipinski definition) is 2. The first-order valence-corrected chi connectivity index (χ1v) is 11.3. The molecule has 1 fully saturated rings. The predicted octanol–water partition coefficient (Wildman–Crippen LogP) is 4.79. The van der Waals surface area contributed by atoms with Gasteiger partial charge in [-0.3, -0.25) is 4.79 Å². The molecule has 1 aromatic rings. The Morgan fingerprint density at radius 1 is 1.33 bits per heavy atom. The van der Waals surface area contributed by atoms with Crippen LogP contribution < -0.4 is 10.6 Å². The fraction of sp³-hybridized carbons (Fsp3) is 0.385. The molecule has 2 heterocycles. The van der Waals surface area contributed by atoms with Gasteiger partial charge in [0.2, 0.25) is 5.91 Å². The summed E-state index contributed by atoms with van der Waals surface area (Å²) in [6.45, 7) is 12.3. The zero-order chi connectivity index (χ0) is 26.9. The molecule has 1 amide bonds. The van der Waals surface area contributed by atoms with Crippen molar-refractivity contribution in [3.8, 4) is 0 Å². The Kier molecular flexibility index (Phi) is 10.6. The molecule has 6 nitrogen and oxygen atoms in total. The molecule has 1 aliphatic heterocycles. The fourth-order valence-electron chi connectivity index (χ4n) is 3.46. The van der Waals surface area contributed by atoms with Crippen molar-refractivity contribution in [3.63, 3.8) is 0 Å². The van der Waals surface area contributed by atoms with E-state index in [0.717, 1.165) is 0 Å². The number of carbonyl (C=O) groups excluding carboxylic acids is 1. The maximum Gasteiger partial charge on any atom is 0.417 e. The number of nitrogens with one attached hydrogen (secondary N) is 2. The Morgan fingerprint density at radius 3 is 2.61 bits per heavy atom. The topological polar surface area (TPSA) is 66.5 Å². The summed E-state index contributed by atoms with van der Waals surface area (Å²) >= 11 is 0. The van der Waals surface area contributed by atoms with Gasteiger partial charge in [-0.2, -0.15) is 13.2 Å². The molecule has 0 radical (unpaired) electrons. The first-order valence-electron chi connectivity index (χ1n) is 11.3. The highest BCUT2D eigenvalue weighted by Crippen LogP contribution is 2.36. The molecule has 0 aliphatic carbocycles. The van der Waals surface area contributed by atoms with Crippen molar-refractivity contribution >= 4 is 29.3 Å². The molecular formula is C26H32F4N4O2. The van der Waals surface area contributed by atoms with E-state index in [-0.39, 0.29) is 46.6 Å². The number of hydrogen-bond acceptors (Lipinski definition) is 5. The van der Waals surface area contributed by atoms with Crippen LogP contribution in [-0.4, -0.2) is 62.4 Å². The second-order valence-electron chi connectivity index (χ2n) is 8.54. The summed E-state index contributed by atoms with van der Waals surface area (Å²) in [6, 6.07) is 1.52. The molecule has 1 aliphatic rings. The van der Waals surface area contributed by atoms with Gasteiger partial charge in [-0.1, -0.05) is 31.9 Å². The Hall–Kier alpha value is -3.24. The highest BCUT2D eigenvalue weighted by Gasteiger charge is 2.35. The summed E-state index contributed by atoms with van der Waals surface area (Å²) in [5.41, 5.74) is -0.670. The van der Waals surface area contributed by atoms with Crippen LogP contribution in [-0.2, 0) is 9.53 Å². The lowest BCUT2D eigenvalue weighted by Gasteiger charge is -2.20. The van der Waals surface area contributed by atoms with Gasteiger partial charge in [0.05, 0.1) is 29.5 Å². The van der Waals surface area contributed by atoms with Crippen LogP contribution in [0, 0.1) is 5.92 Å². The molecule has 0 bridgehead atoms. The molecular weight excluding hydrogens is 476 g/mol. The van der Waals surface area contributed by atoms with Gasteiger partial charge < -0.3 is 20.3 Å². The third-order valence-corrected chi connectivity index (χ3v) is 5.49. The smallest absolute Gasteiger partial charge is 0.381 e. The van der Waals surface area contributed by atoms with E-state index in [1.54, 1.807) is 6.08 Å². The second-order valence-corrected chi connectivity index (χ2v) is 8.54. The number of amides is 1. The summed E-state index contributed by atoms with van der Waals surface area (Å²) in [5, 5.41) is 5.59. The largest absolute Gasteiger partial charge is 0.417 e. The molecule has 1 saturated heterocycles. The molecule has 1 atom stereocenters. The van der Waals surface area contributed by atoms with Gasteiger partial charge in [0.25, 0.3) is 0 Å². The minimum absolute atomic E-state index is 0.0623. The summed E-state index contributed by atoms with van der Waals surface area (Å²) in [5.74, 6) is -0.365. The summed E-state index contributed by atoms with van der Waals surface area (Å²) in [6.07, 6.45) is 0.943. The van der Waals surface area contributed by atoms with Crippen LogP contribution >= 0.6 is 0 Å². The third-order valence-electron chi connectivity index (χ3n) is 5.49. The van der Waals surface area contributed by atoms with Crippen molar-refractivity contribution in [2.45, 2.75) is 19.0 Å². The maximum absolute atomic E-state index is 13.5. The minimum Gasteiger partial charge on any atom is -0.381 e. The van der Waals surface area contributed by atoms with E-state index in [9.17, 15) is 22.4 Å². The number of alkyl halides is 3. The lowest BCUT2D eigenvalue weighted by molar-refractivity contribution is -0.124. The van der Waals surface area contributed by atoms with Crippen molar-refractivity contribution in [1.29, 1.82) is 0 Å². The molecule has 1 aromatic heterocycles. The van der Waals surface area contributed by atoms with Crippen molar-refractivity contribution in [2.24, 2.45) is 5.92 Å². The van der Waals surface area contributed by atoms with Crippen LogP contribution in [0.2, 0.25) is 0 Å². The predicted molar refractivity (Wildman–Crippen MR) is 135 cm³/mol. The van der Waals surface area contributed by atoms with Crippen molar-refractivity contribution in [1.82, 2.24) is 20.5 Å². The number of allylic oxidation sites excluding steroid dienone is 1. The van der Waals surface area contributed by atoms with E-state index < -0.39 is 17.4 Å². The van der Waals surface area contributed by atoms with Crippen LogP contribution in [0.5, 0.6) is 0 Å².